The Morgan fingerprint density at radius 2 is 1.59 bits per heavy atom. The molecule has 0 bridgehead atoms. The van der Waals surface area contributed by atoms with Gasteiger partial charge in [-0.1, -0.05) is 0 Å². The molecular formula is C14H11N3O5. The van der Waals surface area contributed by atoms with Gasteiger partial charge in [0.15, 0.2) is 0 Å². The van der Waals surface area contributed by atoms with E-state index in [2.05, 4.69) is 4.99 Å². The zero-order valence-corrected chi connectivity index (χ0v) is 11.5. The highest BCUT2D eigenvalue weighted by molar-refractivity contribution is 5.83. The number of aliphatic imine (C=N–C) groups is 1. The van der Waals surface area contributed by atoms with Crippen LogP contribution >= 0.6 is 0 Å². The first-order chi connectivity index (χ1) is 10.5. The fourth-order valence-electron chi connectivity index (χ4n) is 1.72. The van der Waals surface area contributed by atoms with E-state index in [0.717, 1.165) is 0 Å². The largest absolute Gasteiger partial charge is 0.494 e. The Bertz CT molecular complexity index is 741. The molecule has 2 rings (SSSR count). The summed E-state index contributed by atoms with van der Waals surface area (Å²) in [5.74, 6) is 0.392. The van der Waals surface area contributed by atoms with Gasteiger partial charge in [0.05, 0.1) is 17.0 Å². The Morgan fingerprint density at radius 3 is 2.14 bits per heavy atom. The van der Waals surface area contributed by atoms with Gasteiger partial charge >= 0.3 is 0 Å². The number of methoxy groups -OCH3 is 1. The third-order valence-electron chi connectivity index (χ3n) is 2.83. The molecule has 0 unspecified atom stereocenters. The van der Waals surface area contributed by atoms with Crippen LogP contribution in [0.5, 0.6) is 5.75 Å². The molecule has 2 aromatic rings. The average molecular weight is 301 g/mol. The van der Waals surface area contributed by atoms with Crippen LogP contribution < -0.4 is 4.74 Å². The van der Waals surface area contributed by atoms with Crippen molar-refractivity contribution in [2.24, 2.45) is 4.99 Å². The lowest BCUT2D eigenvalue weighted by atomic mass is 10.2. The van der Waals surface area contributed by atoms with E-state index in [1.165, 1.54) is 55.8 Å². The summed E-state index contributed by atoms with van der Waals surface area (Å²) >= 11 is 0. The number of nitro benzene ring substituents is 2. The maximum atomic E-state index is 10.8. The van der Waals surface area contributed by atoms with Crippen molar-refractivity contribution in [3.63, 3.8) is 0 Å². The maximum absolute atomic E-state index is 10.8. The Kier molecular flexibility index (Phi) is 4.42. The minimum absolute atomic E-state index is 0.0231. The van der Waals surface area contributed by atoms with E-state index in [0.29, 0.717) is 17.0 Å². The summed E-state index contributed by atoms with van der Waals surface area (Å²) in [6.07, 6.45) is 1.45. The first-order valence-electron chi connectivity index (χ1n) is 6.12. The zero-order chi connectivity index (χ0) is 16.1. The number of benzene rings is 2. The first-order valence-corrected chi connectivity index (χ1v) is 6.12. The van der Waals surface area contributed by atoms with Crippen molar-refractivity contribution in [1.82, 2.24) is 0 Å². The highest BCUT2D eigenvalue weighted by Gasteiger charge is 2.10. The van der Waals surface area contributed by atoms with Crippen molar-refractivity contribution in [3.05, 3.63) is 68.3 Å². The molecule has 0 spiro atoms. The second-order valence-corrected chi connectivity index (χ2v) is 4.22. The first kappa shape index (κ1) is 15.1. The normalized spacial score (nSPS) is 10.6. The number of hydrogen-bond donors (Lipinski definition) is 0. The zero-order valence-electron chi connectivity index (χ0n) is 11.5. The lowest BCUT2D eigenvalue weighted by Crippen LogP contribution is -1.90. The van der Waals surface area contributed by atoms with Crippen LogP contribution in [-0.4, -0.2) is 23.2 Å². The van der Waals surface area contributed by atoms with Crippen molar-refractivity contribution in [3.8, 4) is 5.75 Å². The number of rotatable bonds is 5. The predicted octanol–water partition coefficient (Wildman–Crippen LogP) is 3.26. The summed E-state index contributed by atoms with van der Waals surface area (Å²) in [6.45, 7) is 0. The smallest absolute Gasteiger partial charge is 0.271 e. The fraction of sp³-hybridized carbons (Fsp3) is 0.0714. The van der Waals surface area contributed by atoms with E-state index in [1.54, 1.807) is 0 Å². The number of ether oxygens (including phenoxy) is 1. The summed E-state index contributed by atoms with van der Waals surface area (Å²) in [4.78, 5) is 24.5. The van der Waals surface area contributed by atoms with Crippen LogP contribution in [0.1, 0.15) is 5.56 Å². The SMILES string of the molecule is COc1ccc([N+](=O)[O-])cc1N=Cc1ccc([N+](=O)[O-])cc1. The van der Waals surface area contributed by atoms with Gasteiger partial charge in [-0.05, 0) is 23.8 Å². The van der Waals surface area contributed by atoms with Crippen LogP contribution in [0.3, 0.4) is 0 Å². The van der Waals surface area contributed by atoms with Gasteiger partial charge in [0, 0.05) is 30.5 Å². The van der Waals surface area contributed by atoms with Gasteiger partial charge in [-0.3, -0.25) is 25.2 Å². The van der Waals surface area contributed by atoms with Gasteiger partial charge in [-0.15, -0.1) is 0 Å². The predicted molar refractivity (Wildman–Crippen MR) is 80.0 cm³/mol. The van der Waals surface area contributed by atoms with Crippen molar-refractivity contribution >= 4 is 23.3 Å². The molecule has 0 aromatic heterocycles. The van der Waals surface area contributed by atoms with E-state index < -0.39 is 9.85 Å². The van der Waals surface area contributed by atoms with Crippen LogP contribution in [0.15, 0.2) is 47.5 Å². The Hall–Kier alpha value is -3.29. The van der Waals surface area contributed by atoms with Crippen LogP contribution in [0.25, 0.3) is 0 Å². The molecule has 0 atom stereocenters. The molecule has 8 heteroatoms. The van der Waals surface area contributed by atoms with Crippen molar-refractivity contribution in [1.29, 1.82) is 0 Å². The van der Waals surface area contributed by atoms with E-state index >= 15 is 0 Å². The highest BCUT2D eigenvalue weighted by Crippen LogP contribution is 2.31. The number of hydrogen-bond acceptors (Lipinski definition) is 6. The number of nitrogens with zero attached hydrogens (tertiary/aromatic N) is 3. The fourth-order valence-corrected chi connectivity index (χ4v) is 1.72. The van der Waals surface area contributed by atoms with Crippen LogP contribution in [0.4, 0.5) is 17.1 Å². The lowest BCUT2D eigenvalue weighted by Gasteiger charge is -2.03. The molecule has 8 nitrogen and oxygen atoms in total. The molecule has 0 saturated carbocycles. The van der Waals surface area contributed by atoms with E-state index in [1.807, 2.05) is 0 Å². The van der Waals surface area contributed by atoms with Crippen LogP contribution in [-0.2, 0) is 0 Å². The van der Waals surface area contributed by atoms with E-state index in [-0.39, 0.29) is 11.4 Å². The van der Waals surface area contributed by atoms with Gasteiger partial charge in [0.2, 0.25) is 0 Å². The molecular weight excluding hydrogens is 290 g/mol. The molecule has 0 radical (unpaired) electrons. The summed E-state index contributed by atoms with van der Waals surface area (Å²) in [5.41, 5.74) is 0.802. The summed E-state index contributed by atoms with van der Waals surface area (Å²) in [6, 6.07) is 9.85. The molecule has 0 aliphatic heterocycles. The molecule has 0 saturated heterocycles. The van der Waals surface area contributed by atoms with Gasteiger partial charge in [-0.25, -0.2) is 0 Å². The summed E-state index contributed by atoms with van der Waals surface area (Å²) in [5, 5.41) is 21.3. The Morgan fingerprint density at radius 1 is 1.00 bits per heavy atom. The molecule has 0 fully saturated rings. The van der Waals surface area contributed by atoms with E-state index in [4.69, 9.17) is 4.74 Å². The number of nitro groups is 2. The Labute approximate surface area is 125 Å². The van der Waals surface area contributed by atoms with E-state index in [9.17, 15) is 20.2 Å². The Balaban J connectivity index is 2.30. The van der Waals surface area contributed by atoms with Gasteiger partial charge in [-0.2, -0.15) is 0 Å². The molecule has 0 aliphatic rings. The minimum atomic E-state index is -0.523. The standard InChI is InChI=1S/C14H11N3O5/c1-22-14-7-6-12(17(20)21)8-13(14)15-9-10-2-4-11(5-3-10)16(18)19/h2-9H,1H3. The molecule has 22 heavy (non-hydrogen) atoms. The quantitative estimate of drug-likeness (QED) is 0.478. The summed E-state index contributed by atoms with van der Waals surface area (Å²) in [7, 11) is 1.44. The van der Waals surface area contributed by atoms with Crippen molar-refractivity contribution < 1.29 is 14.6 Å². The summed E-state index contributed by atoms with van der Waals surface area (Å²) < 4.78 is 5.09. The van der Waals surface area contributed by atoms with Crippen LogP contribution in [0, 0.1) is 20.2 Å². The molecule has 112 valence electrons. The topological polar surface area (TPSA) is 108 Å². The molecule has 0 amide bonds. The van der Waals surface area contributed by atoms with Crippen molar-refractivity contribution in [2.45, 2.75) is 0 Å². The third kappa shape index (κ3) is 3.42. The monoisotopic (exact) mass is 301 g/mol. The second-order valence-electron chi connectivity index (χ2n) is 4.22. The third-order valence-corrected chi connectivity index (χ3v) is 2.83. The second kappa shape index (κ2) is 6.44. The van der Waals surface area contributed by atoms with Gasteiger partial charge < -0.3 is 4.74 Å². The van der Waals surface area contributed by atoms with Crippen molar-refractivity contribution in [2.75, 3.05) is 7.11 Å². The van der Waals surface area contributed by atoms with Gasteiger partial charge in [0.25, 0.3) is 11.4 Å². The maximum Gasteiger partial charge on any atom is 0.271 e. The number of non-ortho nitro benzene ring substituents is 2. The highest BCUT2D eigenvalue weighted by atomic mass is 16.6. The van der Waals surface area contributed by atoms with Crippen LogP contribution in [0.2, 0.25) is 0 Å². The minimum Gasteiger partial charge on any atom is -0.494 e. The molecule has 0 heterocycles. The molecule has 0 aliphatic carbocycles. The van der Waals surface area contributed by atoms with Gasteiger partial charge in [0.1, 0.15) is 11.4 Å². The molecule has 2 aromatic carbocycles. The average Bonchev–Trinajstić information content (AvgIpc) is 2.52. The molecule has 0 N–H and O–H groups in total. The lowest BCUT2D eigenvalue weighted by molar-refractivity contribution is -0.385.